The van der Waals surface area contributed by atoms with Crippen molar-refractivity contribution in [2.45, 2.75) is 6.92 Å². The summed E-state index contributed by atoms with van der Waals surface area (Å²) in [6, 6.07) is 0. The largest absolute Gasteiger partial charge is 0.465 e. The first kappa shape index (κ1) is 15.0. The smallest absolute Gasteiger partial charge is 0.348 e. The van der Waals surface area contributed by atoms with Crippen molar-refractivity contribution in [2.75, 3.05) is 32.2 Å². The molecule has 0 radical (unpaired) electrons. The number of hydrogen-bond donors (Lipinski definition) is 1. The third-order valence-corrected chi connectivity index (χ3v) is 4.25. The first-order chi connectivity index (χ1) is 9.49. The fraction of sp³-hybridized carbons (Fsp3) is 0.417. The molecule has 0 spiro atoms. The number of carbonyl (C=O) groups excluding carboxylic acids is 1. The molecule has 2 rings (SSSR count). The van der Waals surface area contributed by atoms with Crippen molar-refractivity contribution in [1.29, 1.82) is 0 Å². The highest BCUT2D eigenvalue weighted by Gasteiger charge is 2.22. The van der Waals surface area contributed by atoms with E-state index >= 15 is 0 Å². The second-order valence-corrected chi connectivity index (χ2v) is 5.53. The first-order valence-electron chi connectivity index (χ1n) is 5.86. The Balaban J connectivity index is 2.68. The second-order valence-electron chi connectivity index (χ2n) is 4.19. The van der Waals surface area contributed by atoms with Gasteiger partial charge in [-0.2, -0.15) is 4.98 Å². The predicted octanol–water partition coefficient (Wildman–Crippen LogP) is 1.87. The van der Waals surface area contributed by atoms with Crippen molar-refractivity contribution in [2.24, 2.45) is 0 Å². The number of hydrogen-bond acceptors (Lipinski definition) is 7. The van der Waals surface area contributed by atoms with Gasteiger partial charge in [0.2, 0.25) is 5.28 Å². The number of anilines is 1. The summed E-state index contributed by atoms with van der Waals surface area (Å²) in [6.45, 7) is 2.22. The Morgan fingerprint density at radius 1 is 1.50 bits per heavy atom. The number of thiophene rings is 1. The molecule has 0 atom stereocenters. The normalized spacial score (nSPS) is 10.8. The molecule has 0 unspecified atom stereocenters. The summed E-state index contributed by atoms with van der Waals surface area (Å²) in [5.41, 5.74) is 0.758. The summed E-state index contributed by atoms with van der Waals surface area (Å²) >= 11 is 7.14. The van der Waals surface area contributed by atoms with Crippen LogP contribution in [0.25, 0.3) is 10.2 Å². The molecule has 0 aliphatic heterocycles. The lowest BCUT2D eigenvalue weighted by atomic mass is 10.2. The molecule has 0 saturated carbocycles. The van der Waals surface area contributed by atoms with E-state index in [-0.39, 0.29) is 11.9 Å². The SMILES string of the molecule is COC(=O)c1sc2nc(Cl)nc(N(C)CCO)c2c1C. The Hall–Kier alpha value is -1.44. The van der Waals surface area contributed by atoms with E-state index in [1.54, 1.807) is 11.9 Å². The monoisotopic (exact) mass is 315 g/mol. The molecule has 0 amide bonds. The quantitative estimate of drug-likeness (QED) is 0.685. The minimum atomic E-state index is -0.405. The lowest BCUT2D eigenvalue weighted by molar-refractivity contribution is 0.0605. The van der Waals surface area contributed by atoms with Crippen molar-refractivity contribution in [3.63, 3.8) is 0 Å². The third-order valence-electron chi connectivity index (χ3n) is 2.91. The van der Waals surface area contributed by atoms with Gasteiger partial charge in [-0.3, -0.25) is 0 Å². The topological polar surface area (TPSA) is 75.5 Å². The first-order valence-corrected chi connectivity index (χ1v) is 7.06. The molecule has 0 aliphatic rings. The molecule has 2 aromatic heterocycles. The van der Waals surface area contributed by atoms with E-state index < -0.39 is 5.97 Å². The lowest BCUT2D eigenvalue weighted by Gasteiger charge is -2.18. The Bertz CT molecular complexity index is 659. The molecule has 108 valence electrons. The van der Waals surface area contributed by atoms with Gasteiger partial charge in [-0.15, -0.1) is 11.3 Å². The summed E-state index contributed by atoms with van der Waals surface area (Å²) in [6.07, 6.45) is 0. The van der Waals surface area contributed by atoms with Crippen LogP contribution in [-0.4, -0.2) is 48.4 Å². The molecule has 20 heavy (non-hydrogen) atoms. The second kappa shape index (κ2) is 5.90. The molecule has 1 N–H and O–H groups in total. The van der Waals surface area contributed by atoms with Crippen LogP contribution < -0.4 is 4.90 Å². The van der Waals surface area contributed by atoms with E-state index in [9.17, 15) is 4.79 Å². The van der Waals surface area contributed by atoms with E-state index in [0.29, 0.717) is 22.1 Å². The molecular formula is C12H14ClN3O3S. The van der Waals surface area contributed by atoms with Crippen molar-refractivity contribution in [3.05, 3.63) is 15.7 Å². The number of fused-ring (bicyclic) bond motifs is 1. The van der Waals surface area contributed by atoms with Gasteiger partial charge in [0, 0.05) is 13.6 Å². The number of aliphatic hydroxyl groups excluding tert-OH is 1. The van der Waals surface area contributed by atoms with Crippen molar-refractivity contribution in [3.8, 4) is 0 Å². The van der Waals surface area contributed by atoms with Crippen LogP contribution in [0.1, 0.15) is 15.2 Å². The van der Waals surface area contributed by atoms with Crippen molar-refractivity contribution >= 4 is 44.9 Å². The summed E-state index contributed by atoms with van der Waals surface area (Å²) in [7, 11) is 3.13. The van der Waals surface area contributed by atoms with Crippen LogP contribution in [0.15, 0.2) is 0 Å². The Morgan fingerprint density at radius 2 is 2.20 bits per heavy atom. The highest BCUT2D eigenvalue weighted by atomic mass is 35.5. The summed E-state index contributed by atoms with van der Waals surface area (Å²) in [5, 5.41) is 9.92. The highest BCUT2D eigenvalue weighted by molar-refractivity contribution is 7.20. The molecule has 6 nitrogen and oxygen atoms in total. The van der Waals surface area contributed by atoms with Gasteiger partial charge in [-0.05, 0) is 24.1 Å². The van der Waals surface area contributed by atoms with Crippen LogP contribution in [0.5, 0.6) is 0 Å². The van der Waals surface area contributed by atoms with Gasteiger partial charge in [-0.25, -0.2) is 9.78 Å². The predicted molar refractivity (Wildman–Crippen MR) is 78.9 cm³/mol. The molecular weight excluding hydrogens is 302 g/mol. The fourth-order valence-electron chi connectivity index (χ4n) is 1.91. The summed E-state index contributed by atoms with van der Waals surface area (Å²) < 4.78 is 4.76. The molecule has 2 heterocycles. The molecule has 8 heteroatoms. The number of esters is 1. The van der Waals surface area contributed by atoms with Crippen LogP contribution in [0.4, 0.5) is 5.82 Å². The number of methoxy groups -OCH3 is 1. The minimum Gasteiger partial charge on any atom is -0.465 e. The number of nitrogens with zero attached hydrogens (tertiary/aromatic N) is 3. The van der Waals surface area contributed by atoms with E-state index in [2.05, 4.69) is 9.97 Å². The number of halogens is 1. The van der Waals surface area contributed by atoms with Gasteiger partial charge in [0.05, 0.1) is 19.1 Å². The van der Waals surface area contributed by atoms with Gasteiger partial charge in [0.25, 0.3) is 0 Å². The van der Waals surface area contributed by atoms with Crippen LogP contribution in [0.3, 0.4) is 0 Å². The molecule has 0 fully saturated rings. The van der Waals surface area contributed by atoms with E-state index in [4.69, 9.17) is 21.4 Å². The van der Waals surface area contributed by atoms with E-state index in [1.807, 2.05) is 6.92 Å². The van der Waals surface area contributed by atoms with E-state index in [0.717, 1.165) is 10.9 Å². The molecule has 0 bridgehead atoms. The molecule has 2 aromatic rings. The number of ether oxygens (including phenoxy) is 1. The summed E-state index contributed by atoms with van der Waals surface area (Å²) in [5.74, 6) is 0.190. The zero-order chi connectivity index (χ0) is 14.9. The van der Waals surface area contributed by atoms with Gasteiger partial charge >= 0.3 is 5.97 Å². The number of likely N-dealkylation sites (N-methyl/N-ethyl adjacent to an activating group) is 1. The average molecular weight is 316 g/mol. The van der Waals surface area contributed by atoms with Crippen LogP contribution in [0, 0.1) is 6.92 Å². The number of aryl methyl sites for hydroxylation is 1. The maximum absolute atomic E-state index is 11.7. The van der Waals surface area contributed by atoms with Gasteiger partial charge in [-0.1, -0.05) is 0 Å². The lowest BCUT2D eigenvalue weighted by Crippen LogP contribution is -2.22. The van der Waals surface area contributed by atoms with Crippen LogP contribution in [0.2, 0.25) is 5.28 Å². The number of rotatable bonds is 4. The Kier molecular flexibility index (Phi) is 4.42. The summed E-state index contributed by atoms with van der Waals surface area (Å²) in [4.78, 5) is 23.0. The van der Waals surface area contributed by atoms with Gasteiger partial charge in [0.1, 0.15) is 15.5 Å². The molecule has 0 aromatic carbocycles. The number of aliphatic hydroxyl groups is 1. The van der Waals surface area contributed by atoms with Crippen molar-refractivity contribution in [1.82, 2.24) is 9.97 Å². The van der Waals surface area contributed by atoms with Crippen molar-refractivity contribution < 1.29 is 14.6 Å². The Labute approximate surface area is 125 Å². The fourth-order valence-corrected chi connectivity index (χ4v) is 3.22. The Morgan fingerprint density at radius 3 is 2.80 bits per heavy atom. The van der Waals surface area contributed by atoms with Gasteiger partial charge < -0.3 is 14.7 Å². The zero-order valence-corrected chi connectivity index (χ0v) is 12.9. The third kappa shape index (κ3) is 2.56. The number of aromatic nitrogens is 2. The van der Waals surface area contributed by atoms with Gasteiger partial charge in [0.15, 0.2) is 0 Å². The van der Waals surface area contributed by atoms with Crippen LogP contribution >= 0.6 is 22.9 Å². The minimum absolute atomic E-state index is 0.00728. The maximum Gasteiger partial charge on any atom is 0.348 e. The highest BCUT2D eigenvalue weighted by Crippen LogP contribution is 2.36. The standard InChI is InChI=1S/C12H14ClN3O3S/c1-6-7-9(16(2)4-5-17)14-12(13)15-10(7)20-8(6)11(18)19-3/h17H,4-5H2,1-3H3. The maximum atomic E-state index is 11.7. The zero-order valence-electron chi connectivity index (χ0n) is 11.3. The molecule has 0 saturated heterocycles. The van der Waals surface area contributed by atoms with E-state index in [1.165, 1.54) is 18.4 Å². The molecule has 0 aliphatic carbocycles. The average Bonchev–Trinajstić information content (AvgIpc) is 2.74. The number of carbonyl (C=O) groups is 1. The van der Waals surface area contributed by atoms with Crippen LogP contribution in [-0.2, 0) is 4.74 Å².